The van der Waals surface area contributed by atoms with Gasteiger partial charge in [0, 0.05) is 18.4 Å². The molecule has 5 nitrogen and oxygen atoms in total. The van der Waals surface area contributed by atoms with E-state index in [2.05, 4.69) is 48.3 Å². The first-order valence-corrected chi connectivity index (χ1v) is 11.8. The van der Waals surface area contributed by atoms with Gasteiger partial charge in [-0.05, 0) is 55.7 Å². The molecule has 2 aromatic carbocycles. The van der Waals surface area contributed by atoms with Crippen molar-refractivity contribution in [2.24, 2.45) is 11.8 Å². The molecular formula is C28H35NO4. The summed E-state index contributed by atoms with van der Waals surface area (Å²) in [4.78, 5) is 24.8. The van der Waals surface area contributed by atoms with Crippen LogP contribution in [0.25, 0.3) is 11.1 Å². The van der Waals surface area contributed by atoms with Crippen LogP contribution in [0.1, 0.15) is 44.6 Å². The first-order valence-electron chi connectivity index (χ1n) is 11.8. The lowest BCUT2D eigenvalue weighted by molar-refractivity contribution is -0.147. The predicted octanol–water partition coefficient (Wildman–Crippen LogP) is 5.30. The number of methoxy groups -OCH3 is 1. The molecule has 0 aromatic heterocycles. The molecule has 0 heterocycles. The van der Waals surface area contributed by atoms with Crippen molar-refractivity contribution in [3.05, 3.63) is 72.5 Å². The van der Waals surface area contributed by atoms with E-state index in [0.717, 1.165) is 5.56 Å². The highest BCUT2D eigenvalue weighted by Gasteiger charge is 2.31. The molecule has 1 atom stereocenters. The van der Waals surface area contributed by atoms with Crippen molar-refractivity contribution in [3.8, 4) is 11.1 Å². The molecule has 1 unspecified atom stereocenters. The lowest BCUT2D eigenvalue weighted by Gasteiger charge is -2.28. The van der Waals surface area contributed by atoms with Gasteiger partial charge in [0.1, 0.15) is 0 Å². The lowest BCUT2D eigenvalue weighted by Crippen LogP contribution is -2.42. The maximum absolute atomic E-state index is 13.0. The zero-order chi connectivity index (χ0) is 23.6. The van der Waals surface area contributed by atoms with E-state index in [0.29, 0.717) is 50.9 Å². The van der Waals surface area contributed by atoms with Crippen LogP contribution in [0, 0.1) is 11.8 Å². The van der Waals surface area contributed by atoms with Gasteiger partial charge in [0.25, 0.3) is 0 Å². The van der Waals surface area contributed by atoms with Crippen LogP contribution < -0.4 is 5.32 Å². The van der Waals surface area contributed by atoms with E-state index in [1.807, 2.05) is 25.1 Å². The Labute approximate surface area is 197 Å². The maximum Gasteiger partial charge on any atom is 0.308 e. The molecule has 1 N–H and O–H groups in total. The van der Waals surface area contributed by atoms with Gasteiger partial charge in [-0.2, -0.15) is 0 Å². The van der Waals surface area contributed by atoms with Gasteiger partial charge in [0.05, 0.1) is 25.4 Å². The molecule has 0 spiro atoms. The summed E-state index contributed by atoms with van der Waals surface area (Å²) in [6.45, 7) is 6.50. The smallest absolute Gasteiger partial charge is 0.308 e. The van der Waals surface area contributed by atoms with Gasteiger partial charge in [-0.15, -0.1) is 0 Å². The Kier molecular flexibility index (Phi) is 9.11. The Morgan fingerprint density at radius 2 is 1.58 bits per heavy atom. The number of esters is 1. The summed E-state index contributed by atoms with van der Waals surface area (Å²) in [5, 5.41) is 3.23. The highest BCUT2D eigenvalue weighted by Crippen LogP contribution is 2.30. The second-order valence-electron chi connectivity index (χ2n) is 8.72. The number of rotatable bonds is 10. The van der Waals surface area contributed by atoms with Crippen molar-refractivity contribution in [2.45, 2.75) is 51.5 Å². The number of hydrogen-bond acceptors (Lipinski definition) is 4. The maximum atomic E-state index is 13.0. The van der Waals surface area contributed by atoms with Crippen molar-refractivity contribution in [3.63, 3.8) is 0 Å². The van der Waals surface area contributed by atoms with E-state index >= 15 is 0 Å². The van der Waals surface area contributed by atoms with E-state index in [1.54, 1.807) is 0 Å². The van der Waals surface area contributed by atoms with Crippen LogP contribution in [0.4, 0.5) is 0 Å². The second-order valence-corrected chi connectivity index (χ2v) is 8.72. The summed E-state index contributed by atoms with van der Waals surface area (Å²) >= 11 is 0. The normalized spacial score (nSPS) is 18.7. The third-order valence-corrected chi connectivity index (χ3v) is 6.34. The zero-order valence-corrected chi connectivity index (χ0v) is 19.7. The molecule has 0 radical (unpaired) electrons. The third-order valence-electron chi connectivity index (χ3n) is 6.34. The van der Waals surface area contributed by atoms with E-state index < -0.39 is 0 Å². The Morgan fingerprint density at radius 1 is 0.970 bits per heavy atom. The SMILES string of the molecule is C=C(CC(Cc1ccc(-c2ccccc2)cc1)NC(=O)C1CCC(C(=O)OC)CC1)OCC. The first-order chi connectivity index (χ1) is 16.0. The van der Waals surface area contributed by atoms with Crippen molar-refractivity contribution < 1.29 is 19.1 Å². The number of hydrogen-bond donors (Lipinski definition) is 1. The Hall–Kier alpha value is -3.08. The van der Waals surface area contributed by atoms with Gasteiger partial charge < -0.3 is 14.8 Å². The summed E-state index contributed by atoms with van der Waals surface area (Å²) in [6.07, 6.45) is 4.07. The van der Waals surface area contributed by atoms with Gasteiger partial charge in [0.2, 0.25) is 5.91 Å². The first kappa shape index (κ1) is 24.6. The summed E-state index contributed by atoms with van der Waals surface area (Å²) in [6, 6.07) is 18.6. The largest absolute Gasteiger partial charge is 0.499 e. The zero-order valence-electron chi connectivity index (χ0n) is 19.7. The fourth-order valence-electron chi connectivity index (χ4n) is 4.54. The molecule has 0 aliphatic heterocycles. The summed E-state index contributed by atoms with van der Waals surface area (Å²) in [5.41, 5.74) is 3.50. The fourth-order valence-corrected chi connectivity index (χ4v) is 4.54. The molecule has 1 amide bonds. The van der Waals surface area contributed by atoms with Crippen molar-refractivity contribution >= 4 is 11.9 Å². The van der Waals surface area contributed by atoms with E-state index in [4.69, 9.17) is 9.47 Å². The average molecular weight is 450 g/mol. The predicted molar refractivity (Wildman–Crippen MR) is 130 cm³/mol. The van der Waals surface area contributed by atoms with Gasteiger partial charge in [0.15, 0.2) is 0 Å². The molecule has 1 aliphatic rings. The number of ether oxygens (including phenoxy) is 2. The fraction of sp³-hybridized carbons (Fsp3) is 0.429. The topological polar surface area (TPSA) is 64.6 Å². The van der Waals surface area contributed by atoms with E-state index in [9.17, 15) is 9.59 Å². The van der Waals surface area contributed by atoms with Gasteiger partial charge >= 0.3 is 5.97 Å². The summed E-state index contributed by atoms with van der Waals surface area (Å²) in [5.74, 6) is 0.398. The molecule has 176 valence electrons. The molecule has 1 fully saturated rings. The minimum absolute atomic E-state index is 0.0496. The van der Waals surface area contributed by atoms with Crippen molar-refractivity contribution in [1.29, 1.82) is 0 Å². The van der Waals surface area contributed by atoms with Crippen molar-refractivity contribution in [1.82, 2.24) is 5.32 Å². The number of carbonyl (C=O) groups is 2. The number of amides is 1. The molecule has 5 heteroatoms. The number of benzene rings is 2. The molecule has 0 saturated heterocycles. The molecule has 33 heavy (non-hydrogen) atoms. The number of carbonyl (C=O) groups excluding carboxylic acids is 2. The third kappa shape index (κ3) is 7.21. The lowest BCUT2D eigenvalue weighted by atomic mass is 9.81. The highest BCUT2D eigenvalue weighted by atomic mass is 16.5. The van der Waals surface area contributed by atoms with Gasteiger partial charge in [-0.25, -0.2) is 0 Å². The average Bonchev–Trinajstić information content (AvgIpc) is 2.84. The molecule has 1 aliphatic carbocycles. The molecule has 2 aromatic rings. The van der Waals surface area contributed by atoms with E-state index in [-0.39, 0.29) is 29.8 Å². The Balaban J connectivity index is 1.63. The van der Waals surface area contributed by atoms with Crippen LogP contribution in [0.15, 0.2) is 66.9 Å². The van der Waals surface area contributed by atoms with Crippen LogP contribution in [-0.4, -0.2) is 31.6 Å². The Bertz CT molecular complexity index is 915. The van der Waals surface area contributed by atoms with Crippen LogP contribution >= 0.6 is 0 Å². The second kappa shape index (κ2) is 12.2. The Morgan fingerprint density at radius 3 is 2.18 bits per heavy atom. The quantitative estimate of drug-likeness (QED) is 0.395. The highest BCUT2D eigenvalue weighted by molar-refractivity contribution is 5.80. The van der Waals surface area contributed by atoms with Crippen LogP contribution in [0.3, 0.4) is 0 Å². The van der Waals surface area contributed by atoms with E-state index in [1.165, 1.54) is 18.2 Å². The molecule has 3 rings (SSSR count). The summed E-state index contributed by atoms with van der Waals surface area (Å²) in [7, 11) is 1.42. The van der Waals surface area contributed by atoms with Crippen LogP contribution in [0.2, 0.25) is 0 Å². The number of nitrogens with one attached hydrogen (secondary N) is 1. The molecule has 1 saturated carbocycles. The van der Waals surface area contributed by atoms with Crippen LogP contribution in [-0.2, 0) is 25.5 Å². The van der Waals surface area contributed by atoms with Crippen LogP contribution in [0.5, 0.6) is 0 Å². The molecule has 0 bridgehead atoms. The summed E-state index contributed by atoms with van der Waals surface area (Å²) < 4.78 is 10.4. The van der Waals surface area contributed by atoms with Gasteiger partial charge in [-0.3, -0.25) is 9.59 Å². The monoisotopic (exact) mass is 449 g/mol. The van der Waals surface area contributed by atoms with Crippen molar-refractivity contribution in [2.75, 3.05) is 13.7 Å². The standard InChI is InChI=1S/C28H35NO4/c1-4-33-20(2)18-26(29-27(30)24-14-16-25(17-15-24)28(31)32-3)19-21-10-12-23(13-11-21)22-8-6-5-7-9-22/h5-13,24-26H,2,4,14-19H2,1,3H3,(H,29,30). The minimum Gasteiger partial charge on any atom is -0.499 e. The van der Waals surface area contributed by atoms with Gasteiger partial charge in [-0.1, -0.05) is 61.2 Å². The minimum atomic E-state index is -0.168. The molecular weight excluding hydrogens is 414 g/mol.